The Hall–Kier alpha value is -3.52. The average Bonchev–Trinajstić information content (AvgIpc) is 2.67. The second-order valence-electron chi connectivity index (χ2n) is 7.33. The fourth-order valence-corrected chi connectivity index (χ4v) is 2.74. The summed E-state index contributed by atoms with van der Waals surface area (Å²) in [5, 5.41) is 9.63. The van der Waals surface area contributed by atoms with Gasteiger partial charge in [-0.05, 0) is 45.0 Å². The van der Waals surface area contributed by atoms with Gasteiger partial charge in [-0.25, -0.2) is 19.5 Å². The quantitative estimate of drug-likeness (QED) is 0.628. The highest BCUT2D eigenvalue weighted by atomic mass is 35.5. The molecule has 2 heterocycles. The first-order valence-corrected chi connectivity index (χ1v) is 9.31. The van der Waals surface area contributed by atoms with E-state index in [-0.39, 0.29) is 11.4 Å². The maximum atomic E-state index is 13.0. The number of amides is 1. The van der Waals surface area contributed by atoms with Crippen molar-refractivity contribution in [2.24, 2.45) is 0 Å². The molecule has 0 saturated heterocycles. The van der Waals surface area contributed by atoms with Crippen LogP contribution in [-0.4, -0.2) is 37.7 Å². The number of nitrogens with zero attached hydrogens (tertiary/aromatic N) is 4. The number of aromatic nitrogens is 3. The van der Waals surface area contributed by atoms with Crippen LogP contribution in [0, 0.1) is 0 Å². The fourth-order valence-electron chi connectivity index (χ4n) is 2.55. The minimum Gasteiger partial charge on any atom is -0.478 e. The van der Waals surface area contributed by atoms with E-state index in [0.717, 1.165) is 0 Å². The molecule has 154 valence electrons. The monoisotopic (exact) mass is 426 g/mol. The van der Waals surface area contributed by atoms with Gasteiger partial charge in [0.25, 0.3) is 0 Å². The predicted octanol–water partition coefficient (Wildman–Crippen LogP) is 4.96. The minimum absolute atomic E-state index is 0.0125. The second kappa shape index (κ2) is 8.46. The lowest BCUT2D eigenvalue weighted by Crippen LogP contribution is -2.34. The zero-order valence-corrected chi connectivity index (χ0v) is 17.3. The molecule has 0 fully saturated rings. The summed E-state index contributed by atoms with van der Waals surface area (Å²) in [5.74, 6) is -0.924. The van der Waals surface area contributed by atoms with Crippen molar-refractivity contribution >= 4 is 35.2 Å². The third kappa shape index (κ3) is 5.09. The van der Waals surface area contributed by atoms with Gasteiger partial charge in [0.15, 0.2) is 5.82 Å². The van der Waals surface area contributed by atoms with Crippen LogP contribution in [-0.2, 0) is 4.74 Å². The normalized spacial score (nSPS) is 11.1. The molecule has 0 unspecified atom stereocenters. The molecule has 3 aromatic rings. The zero-order chi connectivity index (χ0) is 21.9. The fraction of sp³-hybridized carbons (Fsp3) is 0.190. The van der Waals surface area contributed by atoms with Crippen molar-refractivity contribution in [3.8, 4) is 11.3 Å². The van der Waals surface area contributed by atoms with Crippen LogP contribution >= 0.6 is 11.6 Å². The molecular formula is C21H19ClN4O4. The number of aromatic carboxylic acids is 1. The van der Waals surface area contributed by atoms with Crippen LogP contribution in [0.2, 0.25) is 5.02 Å². The first-order valence-electron chi connectivity index (χ1n) is 8.93. The number of hydrogen-bond donors (Lipinski definition) is 1. The Labute approximate surface area is 178 Å². The van der Waals surface area contributed by atoms with Crippen LogP contribution in [0.15, 0.2) is 55.1 Å². The van der Waals surface area contributed by atoms with E-state index in [2.05, 4.69) is 15.0 Å². The number of carboxylic acid groups (broad SMARTS) is 1. The first-order chi connectivity index (χ1) is 14.1. The topological polar surface area (TPSA) is 106 Å². The highest BCUT2D eigenvalue weighted by molar-refractivity contribution is 6.31. The maximum Gasteiger partial charge on any atom is 0.420 e. The highest BCUT2D eigenvalue weighted by Crippen LogP contribution is 2.29. The summed E-state index contributed by atoms with van der Waals surface area (Å²) in [4.78, 5) is 38.0. The molecule has 0 spiro atoms. The molecule has 0 aliphatic heterocycles. The summed E-state index contributed by atoms with van der Waals surface area (Å²) in [6.07, 6.45) is 4.91. The van der Waals surface area contributed by atoms with E-state index < -0.39 is 17.7 Å². The van der Waals surface area contributed by atoms with E-state index in [0.29, 0.717) is 22.0 Å². The van der Waals surface area contributed by atoms with Crippen LogP contribution in [0.1, 0.15) is 31.1 Å². The van der Waals surface area contributed by atoms with Gasteiger partial charge in [-0.3, -0.25) is 9.97 Å². The number of benzene rings is 1. The molecule has 30 heavy (non-hydrogen) atoms. The second-order valence-corrected chi connectivity index (χ2v) is 7.76. The number of rotatable bonds is 4. The van der Waals surface area contributed by atoms with Gasteiger partial charge in [0.2, 0.25) is 0 Å². The Morgan fingerprint density at radius 2 is 1.80 bits per heavy atom. The molecule has 0 saturated carbocycles. The van der Waals surface area contributed by atoms with Crippen molar-refractivity contribution < 1.29 is 19.4 Å². The molecule has 1 aromatic carbocycles. The molecule has 0 aliphatic rings. The molecular weight excluding hydrogens is 408 g/mol. The molecule has 8 nitrogen and oxygen atoms in total. The van der Waals surface area contributed by atoms with E-state index in [1.54, 1.807) is 45.0 Å². The van der Waals surface area contributed by atoms with Crippen molar-refractivity contribution in [3.63, 3.8) is 0 Å². The van der Waals surface area contributed by atoms with E-state index in [4.69, 9.17) is 16.3 Å². The van der Waals surface area contributed by atoms with Crippen LogP contribution in [0.4, 0.5) is 16.3 Å². The number of pyridine rings is 1. The number of carbonyl (C=O) groups is 2. The first kappa shape index (κ1) is 21.2. The number of anilines is 2. The van der Waals surface area contributed by atoms with E-state index >= 15 is 0 Å². The van der Waals surface area contributed by atoms with E-state index in [1.165, 1.54) is 35.8 Å². The molecule has 2 aromatic heterocycles. The number of carboxylic acids is 1. The summed E-state index contributed by atoms with van der Waals surface area (Å²) in [7, 11) is 0. The van der Waals surface area contributed by atoms with Crippen LogP contribution in [0.3, 0.4) is 0 Å². The van der Waals surface area contributed by atoms with Gasteiger partial charge >= 0.3 is 12.1 Å². The molecule has 0 radical (unpaired) electrons. The lowest BCUT2D eigenvalue weighted by Gasteiger charge is -2.27. The third-order valence-electron chi connectivity index (χ3n) is 3.77. The lowest BCUT2D eigenvalue weighted by atomic mass is 10.1. The summed E-state index contributed by atoms with van der Waals surface area (Å²) in [5.41, 5.74) is 0.510. The molecule has 9 heteroatoms. The standard InChI is InChI=1S/C21H19ClN4O4/c1-21(2,3)30-20(29)26(16-6-4-5-15(22)8-16)18-12-24-11-17(25-18)13-7-14(19(27)28)10-23-9-13/h4-12H,1-3H3,(H,27,28). The van der Waals surface area contributed by atoms with Crippen LogP contribution in [0.5, 0.6) is 0 Å². The summed E-state index contributed by atoms with van der Waals surface area (Å²) < 4.78 is 5.53. The Morgan fingerprint density at radius 3 is 2.47 bits per heavy atom. The molecule has 1 N–H and O–H groups in total. The SMILES string of the molecule is CC(C)(C)OC(=O)N(c1cccc(Cl)c1)c1cncc(-c2cncc(C(=O)O)c2)n1. The Bertz CT molecular complexity index is 1100. The zero-order valence-electron chi connectivity index (χ0n) is 16.5. The number of carbonyl (C=O) groups excluding carboxylic acids is 1. The van der Waals surface area contributed by atoms with Gasteiger partial charge in [-0.1, -0.05) is 17.7 Å². The summed E-state index contributed by atoms with van der Waals surface area (Å²) >= 11 is 6.11. The average molecular weight is 427 g/mol. The van der Waals surface area contributed by atoms with Crippen molar-refractivity contribution in [3.05, 3.63) is 65.7 Å². The maximum absolute atomic E-state index is 13.0. The van der Waals surface area contributed by atoms with Crippen LogP contribution in [0.25, 0.3) is 11.3 Å². The Balaban J connectivity index is 2.08. The van der Waals surface area contributed by atoms with Crippen molar-refractivity contribution in [2.45, 2.75) is 26.4 Å². The number of hydrogen-bond acceptors (Lipinski definition) is 6. The van der Waals surface area contributed by atoms with Crippen molar-refractivity contribution in [1.82, 2.24) is 15.0 Å². The van der Waals surface area contributed by atoms with E-state index in [9.17, 15) is 14.7 Å². The number of halogens is 1. The van der Waals surface area contributed by atoms with Gasteiger partial charge in [0.05, 0.1) is 29.3 Å². The minimum atomic E-state index is -1.11. The van der Waals surface area contributed by atoms with Gasteiger partial charge in [0, 0.05) is 23.0 Å². The van der Waals surface area contributed by atoms with Gasteiger partial charge in [-0.15, -0.1) is 0 Å². The molecule has 0 bridgehead atoms. The molecule has 0 aliphatic carbocycles. The Morgan fingerprint density at radius 1 is 1.07 bits per heavy atom. The summed E-state index contributed by atoms with van der Waals surface area (Å²) in [6.45, 7) is 5.27. The van der Waals surface area contributed by atoms with Crippen LogP contribution < -0.4 is 4.90 Å². The largest absolute Gasteiger partial charge is 0.478 e. The van der Waals surface area contributed by atoms with E-state index in [1.807, 2.05) is 0 Å². The van der Waals surface area contributed by atoms with Gasteiger partial charge < -0.3 is 9.84 Å². The van der Waals surface area contributed by atoms with Crippen molar-refractivity contribution in [1.29, 1.82) is 0 Å². The number of ether oxygens (including phenoxy) is 1. The lowest BCUT2D eigenvalue weighted by molar-refractivity contribution is 0.0597. The molecule has 3 rings (SSSR count). The molecule has 1 amide bonds. The molecule has 0 atom stereocenters. The highest BCUT2D eigenvalue weighted by Gasteiger charge is 2.26. The Kier molecular flexibility index (Phi) is 5.98. The summed E-state index contributed by atoms with van der Waals surface area (Å²) in [6, 6.07) is 8.11. The third-order valence-corrected chi connectivity index (χ3v) is 4.01. The smallest absolute Gasteiger partial charge is 0.420 e. The van der Waals surface area contributed by atoms with Gasteiger partial charge in [0.1, 0.15) is 5.60 Å². The predicted molar refractivity (Wildman–Crippen MR) is 112 cm³/mol. The van der Waals surface area contributed by atoms with Crippen molar-refractivity contribution in [2.75, 3.05) is 4.90 Å². The van der Waals surface area contributed by atoms with Gasteiger partial charge in [-0.2, -0.15) is 0 Å².